The second kappa shape index (κ2) is 4.74. The number of rotatable bonds is 3. The summed E-state index contributed by atoms with van der Waals surface area (Å²) >= 11 is 5.77. The Morgan fingerprint density at radius 3 is 2.70 bits per heavy atom. The molecule has 0 aliphatic heterocycles. The lowest BCUT2D eigenvalue weighted by Gasteiger charge is -2.05. The number of benzene rings is 1. The molecule has 3 aromatic rings. The van der Waals surface area contributed by atoms with Crippen molar-refractivity contribution in [1.82, 2.24) is 19.9 Å². The van der Waals surface area contributed by atoms with Gasteiger partial charge in [-0.25, -0.2) is 4.98 Å². The number of hydrogen-bond donors (Lipinski definition) is 1. The number of fused-ring (bicyclic) bond motifs is 1. The highest BCUT2D eigenvalue weighted by Gasteiger charge is 2.12. The number of non-ortho nitro benzene ring substituents is 1. The summed E-state index contributed by atoms with van der Waals surface area (Å²) in [6, 6.07) is 5.61. The number of aromatic amines is 1. The van der Waals surface area contributed by atoms with E-state index in [9.17, 15) is 10.1 Å². The molecule has 0 spiro atoms. The Kier molecular flexibility index (Phi) is 2.92. The first-order valence-corrected chi connectivity index (χ1v) is 5.80. The molecule has 0 unspecified atom stereocenters. The maximum absolute atomic E-state index is 10.6. The fraction of sp³-hybridized carbons (Fsp3) is 0. The molecule has 0 fully saturated rings. The number of aromatic nitrogens is 4. The van der Waals surface area contributed by atoms with E-state index in [4.69, 9.17) is 16.3 Å². The van der Waals surface area contributed by atoms with Crippen molar-refractivity contribution < 1.29 is 9.66 Å². The van der Waals surface area contributed by atoms with Crippen molar-refractivity contribution in [3.8, 4) is 11.6 Å². The van der Waals surface area contributed by atoms with E-state index in [2.05, 4.69) is 19.9 Å². The van der Waals surface area contributed by atoms with Crippen LogP contribution in [-0.4, -0.2) is 24.9 Å². The van der Waals surface area contributed by atoms with Crippen LogP contribution in [0, 0.1) is 10.1 Å². The average molecular weight is 292 g/mol. The number of nitrogens with one attached hydrogen (secondary N) is 1. The van der Waals surface area contributed by atoms with Crippen LogP contribution < -0.4 is 4.74 Å². The van der Waals surface area contributed by atoms with Gasteiger partial charge in [-0.2, -0.15) is 9.97 Å². The minimum absolute atomic E-state index is 0.00140. The van der Waals surface area contributed by atoms with E-state index in [1.807, 2.05) is 0 Å². The number of H-pyrrole nitrogens is 1. The lowest BCUT2D eigenvalue weighted by molar-refractivity contribution is -0.384. The number of ether oxygens (including phenoxy) is 1. The number of hydrogen-bond acceptors (Lipinski definition) is 6. The van der Waals surface area contributed by atoms with Crippen molar-refractivity contribution in [3.05, 3.63) is 46.0 Å². The summed E-state index contributed by atoms with van der Waals surface area (Å²) in [4.78, 5) is 24.7. The lowest BCUT2D eigenvalue weighted by atomic mass is 10.3. The first-order valence-electron chi connectivity index (χ1n) is 5.42. The van der Waals surface area contributed by atoms with E-state index in [1.165, 1.54) is 30.6 Å². The molecule has 3 rings (SSSR count). The zero-order chi connectivity index (χ0) is 14.1. The molecule has 0 atom stereocenters. The third kappa shape index (κ3) is 2.24. The van der Waals surface area contributed by atoms with Crippen LogP contribution in [0.4, 0.5) is 5.69 Å². The van der Waals surface area contributed by atoms with Gasteiger partial charge in [0.15, 0.2) is 5.65 Å². The van der Waals surface area contributed by atoms with E-state index in [0.717, 1.165) is 0 Å². The Morgan fingerprint density at radius 1 is 1.25 bits per heavy atom. The van der Waals surface area contributed by atoms with Crippen molar-refractivity contribution in [1.29, 1.82) is 0 Å². The maximum Gasteiger partial charge on any atom is 0.269 e. The minimum Gasteiger partial charge on any atom is -0.437 e. The monoisotopic (exact) mass is 291 g/mol. The van der Waals surface area contributed by atoms with E-state index in [0.29, 0.717) is 16.9 Å². The molecule has 0 saturated heterocycles. The summed E-state index contributed by atoms with van der Waals surface area (Å²) in [5.41, 5.74) is 0.847. The molecule has 1 N–H and O–H groups in total. The molecule has 20 heavy (non-hydrogen) atoms. The molecule has 100 valence electrons. The number of nitro benzene ring substituents is 1. The Morgan fingerprint density at radius 2 is 2.00 bits per heavy atom. The molecule has 0 saturated carbocycles. The van der Waals surface area contributed by atoms with Gasteiger partial charge in [0.25, 0.3) is 5.69 Å². The molecule has 9 heteroatoms. The van der Waals surface area contributed by atoms with Gasteiger partial charge in [-0.1, -0.05) is 0 Å². The molecule has 2 aromatic heterocycles. The number of imidazole rings is 1. The van der Waals surface area contributed by atoms with Crippen LogP contribution in [0.1, 0.15) is 0 Å². The summed E-state index contributed by atoms with van der Waals surface area (Å²) in [6.07, 6.45) is 1.44. The molecule has 0 radical (unpaired) electrons. The fourth-order valence-electron chi connectivity index (χ4n) is 1.60. The largest absolute Gasteiger partial charge is 0.437 e. The SMILES string of the molecule is O=[N+]([O-])c1ccc(Oc2nc(Cl)nc3nc[nH]c23)cc1. The van der Waals surface area contributed by atoms with Crippen molar-refractivity contribution in [3.63, 3.8) is 0 Å². The van der Waals surface area contributed by atoms with E-state index in [-0.39, 0.29) is 16.9 Å². The van der Waals surface area contributed by atoms with Gasteiger partial charge in [0.1, 0.15) is 11.3 Å². The van der Waals surface area contributed by atoms with Gasteiger partial charge in [-0.15, -0.1) is 0 Å². The highest BCUT2D eigenvalue weighted by Crippen LogP contribution is 2.27. The van der Waals surface area contributed by atoms with Crippen LogP contribution in [0.5, 0.6) is 11.6 Å². The zero-order valence-electron chi connectivity index (χ0n) is 9.78. The van der Waals surface area contributed by atoms with Gasteiger partial charge in [-0.3, -0.25) is 10.1 Å². The van der Waals surface area contributed by atoms with Crippen LogP contribution in [0.15, 0.2) is 30.6 Å². The summed E-state index contributed by atoms with van der Waals surface area (Å²) in [5.74, 6) is 0.590. The second-order valence-electron chi connectivity index (χ2n) is 3.75. The van der Waals surface area contributed by atoms with Gasteiger partial charge in [0.05, 0.1) is 11.3 Å². The van der Waals surface area contributed by atoms with Crippen LogP contribution in [0.3, 0.4) is 0 Å². The Balaban J connectivity index is 1.96. The van der Waals surface area contributed by atoms with Crippen LogP contribution in [-0.2, 0) is 0 Å². The molecule has 0 bridgehead atoms. The topological polar surface area (TPSA) is 107 Å². The first kappa shape index (κ1) is 12.3. The Bertz CT molecular complexity index is 786. The third-order valence-corrected chi connectivity index (χ3v) is 2.66. The van der Waals surface area contributed by atoms with E-state index >= 15 is 0 Å². The normalized spacial score (nSPS) is 10.7. The predicted octanol–water partition coefficient (Wildman–Crippen LogP) is 2.71. The van der Waals surface area contributed by atoms with Crippen LogP contribution >= 0.6 is 11.6 Å². The molecular formula is C11H6ClN5O3. The van der Waals surface area contributed by atoms with Gasteiger partial charge in [0, 0.05) is 12.1 Å². The Hall–Kier alpha value is -2.74. The molecule has 1 aromatic carbocycles. The number of halogens is 1. The average Bonchev–Trinajstić information content (AvgIpc) is 2.87. The second-order valence-corrected chi connectivity index (χ2v) is 4.09. The van der Waals surface area contributed by atoms with Crippen molar-refractivity contribution in [2.45, 2.75) is 0 Å². The first-order chi connectivity index (χ1) is 9.63. The molecular weight excluding hydrogens is 286 g/mol. The van der Waals surface area contributed by atoms with Gasteiger partial charge in [-0.05, 0) is 23.7 Å². The van der Waals surface area contributed by atoms with Crippen molar-refractivity contribution in [2.75, 3.05) is 0 Å². The number of nitrogens with zero attached hydrogens (tertiary/aromatic N) is 4. The summed E-state index contributed by atoms with van der Waals surface area (Å²) in [7, 11) is 0. The molecule has 0 aliphatic rings. The quantitative estimate of drug-likeness (QED) is 0.451. The van der Waals surface area contributed by atoms with E-state index < -0.39 is 4.92 Å². The van der Waals surface area contributed by atoms with Crippen molar-refractivity contribution in [2.24, 2.45) is 0 Å². The maximum atomic E-state index is 10.6. The van der Waals surface area contributed by atoms with Crippen LogP contribution in [0.2, 0.25) is 5.28 Å². The van der Waals surface area contributed by atoms with Crippen LogP contribution in [0.25, 0.3) is 11.2 Å². The van der Waals surface area contributed by atoms with Gasteiger partial charge in [0.2, 0.25) is 11.2 Å². The van der Waals surface area contributed by atoms with Gasteiger partial charge >= 0.3 is 0 Å². The molecule has 0 aliphatic carbocycles. The predicted molar refractivity (Wildman–Crippen MR) is 69.9 cm³/mol. The third-order valence-electron chi connectivity index (χ3n) is 2.49. The zero-order valence-corrected chi connectivity index (χ0v) is 10.5. The lowest BCUT2D eigenvalue weighted by Crippen LogP contribution is -1.93. The fourth-order valence-corrected chi connectivity index (χ4v) is 1.76. The standard InChI is InChI=1S/C11H6ClN5O3/c12-11-15-9-8(13-5-14-9)10(16-11)20-7-3-1-6(2-4-7)17(18)19/h1-5H,(H,13,14,15,16). The summed E-state index contributed by atoms with van der Waals surface area (Å²) < 4.78 is 5.54. The number of nitro groups is 1. The van der Waals surface area contributed by atoms with Gasteiger partial charge < -0.3 is 9.72 Å². The summed E-state index contributed by atoms with van der Waals surface area (Å²) in [5, 5.41) is 10.6. The Labute approximate surface area is 116 Å². The smallest absolute Gasteiger partial charge is 0.269 e. The van der Waals surface area contributed by atoms with Crippen molar-refractivity contribution >= 4 is 28.5 Å². The molecule has 8 nitrogen and oxygen atoms in total. The molecule has 0 amide bonds. The highest BCUT2D eigenvalue weighted by molar-refractivity contribution is 6.28. The highest BCUT2D eigenvalue weighted by atomic mass is 35.5. The minimum atomic E-state index is -0.488. The molecule has 2 heterocycles. The van der Waals surface area contributed by atoms with E-state index in [1.54, 1.807) is 0 Å². The summed E-state index contributed by atoms with van der Waals surface area (Å²) in [6.45, 7) is 0.